The van der Waals surface area contributed by atoms with Crippen LogP contribution in [0.1, 0.15) is 18.4 Å². The van der Waals surface area contributed by atoms with Crippen molar-refractivity contribution in [3.8, 4) is 0 Å². The van der Waals surface area contributed by atoms with Gasteiger partial charge >= 0.3 is 0 Å². The van der Waals surface area contributed by atoms with Crippen LogP contribution in [-0.4, -0.2) is 37.0 Å². The molecule has 1 aromatic rings. The smallest absolute Gasteiger partial charge is 0.243 e. The minimum Gasteiger partial charge on any atom is -0.398 e. The van der Waals surface area contributed by atoms with Gasteiger partial charge in [0.1, 0.15) is 0 Å². The molecule has 3 N–H and O–H groups in total. The summed E-state index contributed by atoms with van der Waals surface area (Å²) in [6.45, 7) is 1.98. The average molecular weight is 305 g/mol. The topological polar surface area (TPSA) is 83.6 Å². The third-order valence-electron chi connectivity index (χ3n) is 3.50. The average Bonchev–Trinajstić information content (AvgIpc) is 2.84. The number of aliphatic hydroxyl groups excluding tert-OH is 1. The van der Waals surface area contributed by atoms with Gasteiger partial charge in [0.15, 0.2) is 0 Å². The summed E-state index contributed by atoms with van der Waals surface area (Å²) in [5.74, 6) is 0. The predicted octanol–water partition coefficient (Wildman–Crippen LogP) is 1.38. The van der Waals surface area contributed by atoms with Crippen molar-refractivity contribution in [2.24, 2.45) is 0 Å². The van der Waals surface area contributed by atoms with Gasteiger partial charge in [-0.05, 0) is 37.5 Å². The largest absolute Gasteiger partial charge is 0.398 e. The van der Waals surface area contributed by atoms with E-state index in [9.17, 15) is 13.5 Å². The third kappa shape index (κ3) is 2.58. The molecular formula is C12H17ClN2O3S. The second kappa shape index (κ2) is 5.28. The van der Waals surface area contributed by atoms with E-state index in [0.29, 0.717) is 29.2 Å². The highest BCUT2D eigenvalue weighted by atomic mass is 35.5. The fraction of sp³-hybridized carbons (Fsp3) is 0.500. The Bertz CT molecular complexity index is 566. The first-order valence-electron chi connectivity index (χ1n) is 6.06. The molecule has 1 aliphatic heterocycles. The van der Waals surface area contributed by atoms with E-state index in [4.69, 9.17) is 17.3 Å². The van der Waals surface area contributed by atoms with Crippen molar-refractivity contribution < 1.29 is 13.5 Å². The Morgan fingerprint density at radius 1 is 1.53 bits per heavy atom. The van der Waals surface area contributed by atoms with Gasteiger partial charge in [0.25, 0.3) is 0 Å². The second-order valence-electron chi connectivity index (χ2n) is 4.71. The van der Waals surface area contributed by atoms with Crippen molar-refractivity contribution in [3.05, 3.63) is 22.7 Å². The molecule has 0 aromatic heterocycles. The van der Waals surface area contributed by atoms with Crippen LogP contribution in [0.2, 0.25) is 5.02 Å². The van der Waals surface area contributed by atoms with Gasteiger partial charge in [0.2, 0.25) is 10.0 Å². The van der Waals surface area contributed by atoms with Crippen LogP contribution in [0.5, 0.6) is 0 Å². The summed E-state index contributed by atoms with van der Waals surface area (Å²) in [4.78, 5) is 0.0842. The highest BCUT2D eigenvalue weighted by Gasteiger charge is 2.35. The normalized spacial score (nSPS) is 20.9. The van der Waals surface area contributed by atoms with E-state index in [1.54, 1.807) is 6.92 Å². The van der Waals surface area contributed by atoms with Gasteiger partial charge in [-0.25, -0.2) is 8.42 Å². The molecule has 5 nitrogen and oxygen atoms in total. The number of nitrogens with zero attached hydrogens (tertiary/aromatic N) is 1. The number of benzene rings is 1. The van der Waals surface area contributed by atoms with E-state index in [2.05, 4.69) is 0 Å². The number of anilines is 1. The Kier molecular flexibility index (Phi) is 4.06. The maximum Gasteiger partial charge on any atom is 0.243 e. The maximum atomic E-state index is 12.5. The summed E-state index contributed by atoms with van der Waals surface area (Å²) in [5.41, 5.74) is 6.79. The van der Waals surface area contributed by atoms with Crippen molar-refractivity contribution in [1.29, 1.82) is 0 Å². The molecule has 1 aromatic carbocycles. The minimum atomic E-state index is -3.65. The Hall–Kier alpha value is -0.820. The van der Waals surface area contributed by atoms with Crippen molar-refractivity contribution in [3.63, 3.8) is 0 Å². The van der Waals surface area contributed by atoms with Crippen LogP contribution in [-0.2, 0) is 10.0 Å². The number of aliphatic hydroxyl groups is 1. The molecule has 19 heavy (non-hydrogen) atoms. The SMILES string of the molecule is Cc1c(N)cc(S(=O)(=O)N2CCCC2CO)cc1Cl. The first kappa shape index (κ1) is 14.6. The van der Waals surface area contributed by atoms with E-state index >= 15 is 0 Å². The van der Waals surface area contributed by atoms with Crippen molar-refractivity contribution in [2.45, 2.75) is 30.7 Å². The fourth-order valence-electron chi connectivity index (χ4n) is 2.27. The molecule has 0 radical (unpaired) electrons. The number of halogens is 1. The van der Waals surface area contributed by atoms with Gasteiger partial charge < -0.3 is 10.8 Å². The molecule has 1 fully saturated rings. The monoisotopic (exact) mass is 304 g/mol. The molecule has 1 saturated heterocycles. The lowest BCUT2D eigenvalue weighted by molar-refractivity contribution is 0.213. The van der Waals surface area contributed by atoms with Crippen LogP contribution in [0.25, 0.3) is 0 Å². The molecule has 1 aliphatic rings. The number of rotatable bonds is 3. The van der Waals surface area contributed by atoms with E-state index in [1.807, 2.05) is 0 Å². The zero-order chi connectivity index (χ0) is 14.2. The molecule has 106 valence electrons. The lowest BCUT2D eigenvalue weighted by Gasteiger charge is -2.23. The maximum absolute atomic E-state index is 12.5. The molecule has 1 atom stereocenters. The molecule has 0 aliphatic carbocycles. The van der Waals surface area contributed by atoms with E-state index < -0.39 is 10.0 Å². The van der Waals surface area contributed by atoms with Gasteiger partial charge in [-0.3, -0.25) is 0 Å². The first-order chi connectivity index (χ1) is 8.87. The zero-order valence-electron chi connectivity index (χ0n) is 10.6. The molecular weight excluding hydrogens is 288 g/mol. The van der Waals surface area contributed by atoms with Gasteiger partial charge in [-0.2, -0.15) is 4.31 Å². The molecule has 2 rings (SSSR count). The first-order valence-corrected chi connectivity index (χ1v) is 7.88. The standard InChI is InChI=1S/C12H17ClN2O3S/c1-8-11(13)5-10(6-12(8)14)19(17,18)15-4-2-3-9(15)7-16/h5-6,9,16H,2-4,7,14H2,1H3. The highest BCUT2D eigenvalue weighted by Crippen LogP contribution is 2.31. The van der Waals surface area contributed by atoms with Gasteiger partial charge in [-0.1, -0.05) is 11.6 Å². The second-order valence-corrected chi connectivity index (χ2v) is 7.01. The summed E-state index contributed by atoms with van der Waals surface area (Å²) in [6.07, 6.45) is 1.42. The van der Waals surface area contributed by atoms with E-state index in [1.165, 1.54) is 16.4 Å². The van der Waals surface area contributed by atoms with Crippen LogP contribution in [0, 0.1) is 6.92 Å². The van der Waals surface area contributed by atoms with Crippen molar-refractivity contribution in [2.75, 3.05) is 18.9 Å². The predicted molar refractivity (Wildman–Crippen MR) is 74.6 cm³/mol. The lowest BCUT2D eigenvalue weighted by atomic mass is 10.2. The molecule has 0 spiro atoms. The summed E-state index contributed by atoms with van der Waals surface area (Å²) in [7, 11) is -3.65. The number of hydrogen-bond donors (Lipinski definition) is 2. The number of sulfonamides is 1. The van der Waals surface area contributed by atoms with Crippen LogP contribution in [0.4, 0.5) is 5.69 Å². The zero-order valence-corrected chi connectivity index (χ0v) is 12.2. The highest BCUT2D eigenvalue weighted by molar-refractivity contribution is 7.89. The molecule has 1 unspecified atom stereocenters. The van der Waals surface area contributed by atoms with Crippen LogP contribution >= 0.6 is 11.6 Å². The van der Waals surface area contributed by atoms with Crippen molar-refractivity contribution in [1.82, 2.24) is 4.31 Å². The molecule has 0 bridgehead atoms. The van der Waals surface area contributed by atoms with E-state index in [0.717, 1.165) is 6.42 Å². The number of nitrogens with two attached hydrogens (primary N) is 1. The van der Waals surface area contributed by atoms with Crippen molar-refractivity contribution >= 4 is 27.3 Å². The Balaban J connectivity index is 2.45. The quantitative estimate of drug-likeness (QED) is 0.826. The Morgan fingerprint density at radius 3 is 2.79 bits per heavy atom. The van der Waals surface area contributed by atoms with Crippen LogP contribution < -0.4 is 5.73 Å². The Morgan fingerprint density at radius 2 is 2.21 bits per heavy atom. The fourth-order valence-corrected chi connectivity index (χ4v) is 4.31. The van der Waals surface area contributed by atoms with Gasteiger partial charge in [0, 0.05) is 23.3 Å². The van der Waals surface area contributed by atoms with Gasteiger partial charge in [-0.15, -0.1) is 0 Å². The Labute approximate surface area is 118 Å². The van der Waals surface area contributed by atoms with Crippen LogP contribution in [0.15, 0.2) is 17.0 Å². The summed E-state index contributed by atoms with van der Waals surface area (Å²) >= 11 is 5.99. The molecule has 1 heterocycles. The molecule has 0 amide bonds. The summed E-state index contributed by atoms with van der Waals surface area (Å²) in [5, 5.41) is 9.57. The summed E-state index contributed by atoms with van der Waals surface area (Å²) in [6, 6.07) is 2.48. The third-order valence-corrected chi connectivity index (χ3v) is 5.82. The number of nitrogen functional groups attached to an aromatic ring is 1. The minimum absolute atomic E-state index is 0.0842. The molecule has 0 saturated carbocycles. The van der Waals surface area contributed by atoms with E-state index in [-0.39, 0.29) is 17.5 Å². The number of hydrogen-bond acceptors (Lipinski definition) is 4. The summed E-state index contributed by atoms with van der Waals surface area (Å²) < 4.78 is 26.4. The molecule has 7 heteroatoms. The van der Waals surface area contributed by atoms with Gasteiger partial charge in [0.05, 0.1) is 11.5 Å². The lowest BCUT2D eigenvalue weighted by Crippen LogP contribution is -2.37. The van der Waals surface area contributed by atoms with Crippen LogP contribution in [0.3, 0.4) is 0 Å².